The third-order valence-electron chi connectivity index (χ3n) is 2.88. The van der Waals surface area contributed by atoms with Gasteiger partial charge in [0.1, 0.15) is 6.61 Å². The monoisotopic (exact) mass is 424 g/mol. The molecule has 0 bridgehead atoms. The highest BCUT2D eigenvalue weighted by Crippen LogP contribution is 2.21. The molecule has 4 atom stereocenters. The van der Waals surface area contributed by atoms with Gasteiger partial charge in [-0.05, 0) is 11.6 Å². The Morgan fingerprint density at radius 1 is 0.643 bits per heavy atom. The van der Waals surface area contributed by atoms with Crippen molar-refractivity contribution in [3.05, 3.63) is 0 Å². The summed E-state index contributed by atoms with van der Waals surface area (Å²) in [7, 11) is 0. The van der Waals surface area contributed by atoms with Gasteiger partial charge in [0.05, 0.1) is 0 Å². The molecule has 0 aromatic rings. The van der Waals surface area contributed by atoms with E-state index in [1.807, 2.05) is 0 Å². The summed E-state index contributed by atoms with van der Waals surface area (Å²) in [6.45, 7) is 4.38. The smallest absolute Gasteiger partial charge is 0.303 e. The predicted octanol–water partition coefficient (Wildman–Crippen LogP) is 0.0417. The summed E-state index contributed by atoms with van der Waals surface area (Å²) < 4.78 is 24.5. The summed E-state index contributed by atoms with van der Waals surface area (Å²) in [5.41, 5.74) is 0. The van der Waals surface area contributed by atoms with E-state index in [4.69, 9.17) is 35.3 Å². The fourth-order valence-corrected chi connectivity index (χ4v) is 2.24. The fourth-order valence-electron chi connectivity index (χ4n) is 2.07. The van der Waals surface area contributed by atoms with E-state index >= 15 is 0 Å². The summed E-state index contributed by atoms with van der Waals surface area (Å²) in [6.07, 6.45) is -6.90. The molecule has 0 saturated carbocycles. The summed E-state index contributed by atoms with van der Waals surface area (Å²) in [5.74, 6) is -4.46. The average Bonchev–Trinajstić information content (AvgIpc) is 2.51. The number of hydrogen-bond donors (Lipinski definition) is 0. The molecule has 0 spiro atoms. The second-order valence-electron chi connectivity index (χ2n) is 5.43. The minimum atomic E-state index is -1.90. The van der Waals surface area contributed by atoms with Crippen molar-refractivity contribution in [1.29, 1.82) is 0 Å². The average molecular weight is 425 g/mol. The summed E-state index contributed by atoms with van der Waals surface area (Å²) in [5, 5.41) is -1.26. The van der Waals surface area contributed by atoms with E-state index in [9.17, 15) is 28.8 Å². The van der Waals surface area contributed by atoms with Crippen LogP contribution in [0, 0.1) is 0 Å². The molecule has 0 aliphatic heterocycles. The molecular weight excluding hydrogens is 404 g/mol. The summed E-state index contributed by atoms with van der Waals surface area (Å²) in [6, 6.07) is 0. The van der Waals surface area contributed by atoms with E-state index < -0.39 is 66.1 Å². The van der Waals surface area contributed by atoms with Crippen LogP contribution in [0.5, 0.6) is 0 Å². The van der Waals surface area contributed by atoms with Gasteiger partial charge >= 0.3 is 29.8 Å². The van der Waals surface area contributed by atoms with Crippen LogP contribution in [0.2, 0.25) is 0 Å². The number of ether oxygens (including phenoxy) is 5. The van der Waals surface area contributed by atoms with Crippen molar-refractivity contribution >= 4 is 46.7 Å². The van der Waals surface area contributed by atoms with Gasteiger partial charge in [-0.1, -0.05) is 0 Å². The van der Waals surface area contributed by atoms with Crippen LogP contribution in [-0.4, -0.2) is 66.1 Å². The second kappa shape index (κ2) is 11.9. The van der Waals surface area contributed by atoms with Gasteiger partial charge in [-0.25, -0.2) is 0 Å². The summed E-state index contributed by atoms with van der Waals surface area (Å²) >= 11 is 5.44. The standard InChI is InChI=1S/C16H21ClO11/c1-7(18)24-6-12(25-8(2)19)13(26-9(3)20)14(27-10(4)21)15(16(17)23)28-11(5)22/h12-15H,6H2,1-5H3. The van der Waals surface area contributed by atoms with Crippen molar-refractivity contribution < 1.29 is 52.5 Å². The second-order valence-corrected chi connectivity index (χ2v) is 5.81. The Morgan fingerprint density at radius 3 is 1.43 bits per heavy atom. The number of rotatable bonds is 10. The molecule has 0 amide bonds. The Kier molecular flexibility index (Phi) is 10.8. The predicted molar refractivity (Wildman–Crippen MR) is 89.7 cm³/mol. The fraction of sp³-hybridized carbons (Fsp3) is 0.625. The molecule has 158 valence electrons. The lowest BCUT2D eigenvalue weighted by Crippen LogP contribution is -2.54. The first kappa shape index (κ1) is 25.3. The Labute approximate surface area is 165 Å². The lowest BCUT2D eigenvalue weighted by Gasteiger charge is -2.34. The van der Waals surface area contributed by atoms with E-state index in [0.717, 1.165) is 34.6 Å². The molecule has 0 saturated heterocycles. The third kappa shape index (κ3) is 9.86. The van der Waals surface area contributed by atoms with Crippen LogP contribution < -0.4 is 0 Å². The molecule has 12 heteroatoms. The SMILES string of the molecule is CC(=O)OCC(OC(C)=O)C(OC(C)=O)C(OC(C)=O)C(OC(C)=O)C(=O)Cl. The minimum Gasteiger partial charge on any atom is -0.462 e. The van der Waals surface area contributed by atoms with Crippen molar-refractivity contribution in [3.8, 4) is 0 Å². The van der Waals surface area contributed by atoms with Gasteiger partial charge in [-0.3, -0.25) is 28.8 Å². The normalized spacial score (nSPS) is 14.5. The number of halogens is 1. The van der Waals surface area contributed by atoms with E-state index in [0.29, 0.717) is 0 Å². The number of carbonyl (C=O) groups excluding carboxylic acids is 6. The highest BCUT2D eigenvalue weighted by molar-refractivity contribution is 6.64. The van der Waals surface area contributed by atoms with Gasteiger partial charge in [0, 0.05) is 34.6 Å². The minimum absolute atomic E-state index is 0.617. The maximum atomic E-state index is 11.8. The zero-order valence-electron chi connectivity index (χ0n) is 15.9. The highest BCUT2D eigenvalue weighted by atomic mass is 35.5. The Hall–Kier alpha value is -2.69. The zero-order chi connectivity index (χ0) is 22.0. The topological polar surface area (TPSA) is 149 Å². The molecule has 11 nitrogen and oxygen atoms in total. The van der Waals surface area contributed by atoms with Gasteiger partial charge in [0.2, 0.25) is 6.10 Å². The van der Waals surface area contributed by atoms with Crippen LogP contribution in [0.4, 0.5) is 0 Å². The Bertz CT molecular complexity index is 630. The first-order chi connectivity index (χ1) is 12.8. The van der Waals surface area contributed by atoms with E-state index in [2.05, 4.69) is 0 Å². The van der Waals surface area contributed by atoms with Crippen LogP contribution in [0.1, 0.15) is 34.6 Å². The van der Waals surface area contributed by atoms with Crippen molar-refractivity contribution in [1.82, 2.24) is 0 Å². The maximum absolute atomic E-state index is 11.8. The Balaban J connectivity index is 6.18. The number of esters is 5. The first-order valence-electron chi connectivity index (χ1n) is 7.86. The van der Waals surface area contributed by atoms with Crippen LogP contribution in [0.25, 0.3) is 0 Å². The van der Waals surface area contributed by atoms with Gasteiger partial charge in [-0.2, -0.15) is 0 Å². The van der Waals surface area contributed by atoms with Gasteiger partial charge in [0.15, 0.2) is 18.3 Å². The molecule has 0 aromatic carbocycles. The van der Waals surface area contributed by atoms with Crippen molar-refractivity contribution in [2.45, 2.75) is 59.0 Å². The van der Waals surface area contributed by atoms with Gasteiger partial charge in [-0.15, -0.1) is 0 Å². The zero-order valence-corrected chi connectivity index (χ0v) is 16.6. The molecule has 0 radical (unpaired) electrons. The largest absolute Gasteiger partial charge is 0.462 e. The molecular formula is C16H21ClO11. The first-order valence-corrected chi connectivity index (χ1v) is 8.24. The van der Waals surface area contributed by atoms with Crippen LogP contribution in [-0.2, 0) is 52.5 Å². The molecule has 28 heavy (non-hydrogen) atoms. The highest BCUT2D eigenvalue weighted by Gasteiger charge is 2.46. The third-order valence-corrected chi connectivity index (χ3v) is 3.09. The molecule has 0 fully saturated rings. The molecule has 0 aliphatic rings. The van der Waals surface area contributed by atoms with Crippen LogP contribution in [0.15, 0.2) is 0 Å². The van der Waals surface area contributed by atoms with Crippen molar-refractivity contribution in [2.24, 2.45) is 0 Å². The van der Waals surface area contributed by atoms with Gasteiger partial charge in [0.25, 0.3) is 5.24 Å². The van der Waals surface area contributed by atoms with E-state index in [1.165, 1.54) is 0 Å². The number of hydrogen-bond acceptors (Lipinski definition) is 11. The van der Waals surface area contributed by atoms with E-state index in [1.54, 1.807) is 0 Å². The van der Waals surface area contributed by atoms with Crippen LogP contribution >= 0.6 is 11.6 Å². The molecule has 0 rings (SSSR count). The quantitative estimate of drug-likeness (QED) is 0.266. The van der Waals surface area contributed by atoms with Crippen LogP contribution in [0.3, 0.4) is 0 Å². The van der Waals surface area contributed by atoms with Gasteiger partial charge < -0.3 is 23.7 Å². The molecule has 0 heterocycles. The molecule has 0 N–H and O–H groups in total. The molecule has 4 unspecified atom stereocenters. The summed E-state index contributed by atoms with van der Waals surface area (Å²) in [4.78, 5) is 68.7. The lowest BCUT2D eigenvalue weighted by atomic mass is 10.0. The number of carbonyl (C=O) groups is 6. The molecule has 0 aromatic heterocycles. The molecule has 0 aliphatic carbocycles. The lowest BCUT2D eigenvalue weighted by molar-refractivity contribution is -0.201. The van der Waals surface area contributed by atoms with Crippen molar-refractivity contribution in [2.75, 3.05) is 6.61 Å². The Morgan fingerprint density at radius 2 is 1.07 bits per heavy atom. The van der Waals surface area contributed by atoms with E-state index in [-0.39, 0.29) is 0 Å². The van der Waals surface area contributed by atoms with Crippen molar-refractivity contribution in [3.63, 3.8) is 0 Å². The maximum Gasteiger partial charge on any atom is 0.303 e.